The van der Waals surface area contributed by atoms with Crippen molar-refractivity contribution in [3.63, 3.8) is 0 Å². The maximum atomic E-state index is 12.8. The Labute approximate surface area is 196 Å². The molecule has 2 atom stereocenters. The van der Waals surface area contributed by atoms with E-state index in [2.05, 4.69) is 10.0 Å². The van der Waals surface area contributed by atoms with E-state index in [9.17, 15) is 23.1 Å². The van der Waals surface area contributed by atoms with Crippen LogP contribution in [0.4, 0.5) is 11.4 Å². The number of carbonyl (C=O) groups excluding carboxylic acids is 1. The summed E-state index contributed by atoms with van der Waals surface area (Å²) in [6.07, 6.45) is 0.697. The summed E-state index contributed by atoms with van der Waals surface area (Å²) in [4.78, 5) is 24.4. The molecule has 2 aromatic rings. The molecule has 0 radical (unpaired) electrons. The van der Waals surface area contributed by atoms with Gasteiger partial charge in [-0.05, 0) is 69.2 Å². The zero-order valence-corrected chi connectivity index (χ0v) is 19.7. The molecular formula is C22H22Cl2N2O5S. The van der Waals surface area contributed by atoms with E-state index in [1.807, 2.05) is 13.8 Å². The highest BCUT2D eigenvalue weighted by atomic mass is 35.5. The molecule has 32 heavy (non-hydrogen) atoms. The average molecular weight is 497 g/mol. The molecule has 3 rings (SSSR count). The third-order valence-corrected chi connectivity index (χ3v) is 7.30. The lowest BCUT2D eigenvalue weighted by atomic mass is 9.76. The second-order valence-electron chi connectivity index (χ2n) is 7.80. The highest BCUT2D eigenvalue weighted by Crippen LogP contribution is 2.35. The lowest BCUT2D eigenvalue weighted by Crippen LogP contribution is -2.36. The molecule has 170 valence electrons. The first-order valence-electron chi connectivity index (χ1n) is 9.74. The Morgan fingerprint density at radius 1 is 0.906 bits per heavy atom. The lowest BCUT2D eigenvalue weighted by Gasteiger charge is -2.29. The number of hydrogen-bond acceptors (Lipinski definition) is 4. The molecule has 10 heteroatoms. The Bertz CT molecular complexity index is 1170. The van der Waals surface area contributed by atoms with Crippen molar-refractivity contribution in [2.45, 2.75) is 31.6 Å². The maximum Gasteiger partial charge on any atom is 0.307 e. The van der Waals surface area contributed by atoms with Gasteiger partial charge in [0, 0.05) is 15.7 Å². The second kappa shape index (κ2) is 9.52. The normalized spacial score (nSPS) is 18.9. The van der Waals surface area contributed by atoms with Gasteiger partial charge in [-0.15, -0.1) is 0 Å². The van der Waals surface area contributed by atoms with Crippen molar-refractivity contribution >= 4 is 56.5 Å². The van der Waals surface area contributed by atoms with Crippen molar-refractivity contribution in [3.05, 3.63) is 63.7 Å². The van der Waals surface area contributed by atoms with Gasteiger partial charge >= 0.3 is 5.97 Å². The van der Waals surface area contributed by atoms with Crippen molar-refractivity contribution < 1.29 is 23.1 Å². The summed E-state index contributed by atoms with van der Waals surface area (Å²) in [6.45, 7) is 3.78. The molecule has 7 nitrogen and oxygen atoms in total. The van der Waals surface area contributed by atoms with Crippen LogP contribution in [0.15, 0.2) is 58.5 Å². The Morgan fingerprint density at radius 3 is 1.97 bits per heavy atom. The number of amides is 1. The summed E-state index contributed by atoms with van der Waals surface area (Å²) in [7, 11) is -3.91. The minimum atomic E-state index is -3.91. The number of nitrogens with one attached hydrogen (secondary N) is 2. The number of benzene rings is 2. The fraction of sp³-hybridized carbons (Fsp3) is 0.273. The summed E-state index contributed by atoms with van der Waals surface area (Å²) in [5, 5.41) is 12.8. The highest BCUT2D eigenvalue weighted by molar-refractivity contribution is 7.92. The van der Waals surface area contributed by atoms with Crippen LogP contribution < -0.4 is 10.0 Å². The third-order valence-electron chi connectivity index (χ3n) is 5.47. The highest BCUT2D eigenvalue weighted by Gasteiger charge is 2.37. The number of hydrogen-bond donors (Lipinski definition) is 3. The minimum Gasteiger partial charge on any atom is -0.481 e. The zero-order valence-electron chi connectivity index (χ0n) is 17.4. The summed E-state index contributed by atoms with van der Waals surface area (Å²) >= 11 is 11.8. The van der Waals surface area contributed by atoms with E-state index < -0.39 is 33.7 Å². The van der Waals surface area contributed by atoms with E-state index in [-0.39, 0.29) is 20.6 Å². The Balaban J connectivity index is 1.74. The molecule has 0 fully saturated rings. The van der Waals surface area contributed by atoms with Crippen LogP contribution in [0, 0.1) is 11.8 Å². The number of aliphatic carboxylic acids is 1. The molecule has 0 aromatic heterocycles. The number of carbonyl (C=O) groups is 2. The van der Waals surface area contributed by atoms with Crippen LogP contribution in [-0.4, -0.2) is 25.4 Å². The SMILES string of the molecule is CC1=C(C)CC(C(=O)Nc2ccc(S(=O)(=O)Nc3cc(Cl)cc(Cl)c3)cc2)C(C(=O)O)C1. The first-order chi connectivity index (χ1) is 15.0. The van der Waals surface area contributed by atoms with Crippen molar-refractivity contribution in [1.82, 2.24) is 0 Å². The minimum absolute atomic E-state index is 0.0259. The van der Waals surface area contributed by atoms with E-state index >= 15 is 0 Å². The van der Waals surface area contributed by atoms with Crippen LogP contribution in [-0.2, 0) is 19.6 Å². The number of halogens is 2. The van der Waals surface area contributed by atoms with Crippen molar-refractivity contribution in [3.8, 4) is 0 Å². The number of anilines is 2. The first-order valence-corrected chi connectivity index (χ1v) is 12.0. The molecule has 0 saturated heterocycles. The molecule has 2 aromatic carbocycles. The molecule has 3 N–H and O–H groups in total. The third kappa shape index (κ3) is 5.62. The zero-order chi connectivity index (χ0) is 23.6. The van der Waals surface area contributed by atoms with Gasteiger partial charge in [0.2, 0.25) is 5.91 Å². The van der Waals surface area contributed by atoms with Crippen LogP contribution in [0.25, 0.3) is 0 Å². The molecule has 1 aliphatic carbocycles. The Kier molecular flexibility index (Phi) is 7.17. The molecule has 0 heterocycles. The molecule has 1 aliphatic rings. The van der Waals surface area contributed by atoms with Crippen LogP contribution in [0.5, 0.6) is 0 Å². The topological polar surface area (TPSA) is 113 Å². The quantitative estimate of drug-likeness (QED) is 0.476. The molecule has 1 amide bonds. The van der Waals surface area contributed by atoms with Gasteiger partial charge in [0.05, 0.1) is 22.4 Å². The number of allylic oxidation sites excluding steroid dienone is 2. The van der Waals surface area contributed by atoms with Crippen LogP contribution in [0.3, 0.4) is 0 Å². The monoisotopic (exact) mass is 496 g/mol. The molecule has 0 saturated carbocycles. The smallest absolute Gasteiger partial charge is 0.307 e. The van der Waals surface area contributed by atoms with Gasteiger partial charge in [0.15, 0.2) is 0 Å². The maximum absolute atomic E-state index is 12.8. The fourth-order valence-electron chi connectivity index (χ4n) is 3.61. The predicted molar refractivity (Wildman–Crippen MR) is 125 cm³/mol. The largest absolute Gasteiger partial charge is 0.481 e. The number of rotatable bonds is 6. The summed E-state index contributed by atoms with van der Waals surface area (Å²) in [5.74, 6) is -2.92. The van der Waals surface area contributed by atoms with Crippen molar-refractivity contribution in [2.24, 2.45) is 11.8 Å². The van der Waals surface area contributed by atoms with Gasteiger partial charge in [-0.2, -0.15) is 0 Å². The van der Waals surface area contributed by atoms with E-state index in [1.54, 1.807) is 0 Å². The number of carboxylic acid groups (broad SMARTS) is 1. The molecule has 0 bridgehead atoms. The van der Waals surface area contributed by atoms with E-state index in [4.69, 9.17) is 23.2 Å². The van der Waals surface area contributed by atoms with E-state index in [0.717, 1.165) is 11.1 Å². The first kappa shape index (κ1) is 24.1. The lowest BCUT2D eigenvalue weighted by molar-refractivity contribution is -0.146. The van der Waals surface area contributed by atoms with Crippen molar-refractivity contribution in [2.75, 3.05) is 10.0 Å². The van der Waals surface area contributed by atoms with Crippen LogP contribution in [0.1, 0.15) is 26.7 Å². The van der Waals surface area contributed by atoms with Gasteiger partial charge < -0.3 is 10.4 Å². The van der Waals surface area contributed by atoms with Crippen LogP contribution >= 0.6 is 23.2 Å². The standard InChI is InChI=1S/C22H22Cl2N2O5S/c1-12-7-19(20(22(28)29)8-13(12)2)21(27)25-16-3-5-18(6-4-16)32(30,31)26-17-10-14(23)9-15(24)11-17/h3-6,9-11,19-20,26H,7-8H2,1-2H3,(H,25,27)(H,28,29). The summed E-state index contributed by atoms with van der Waals surface area (Å²) < 4.78 is 27.7. The van der Waals surface area contributed by atoms with Gasteiger partial charge in [0.1, 0.15) is 0 Å². The fourth-order valence-corrected chi connectivity index (χ4v) is 5.17. The van der Waals surface area contributed by atoms with Crippen molar-refractivity contribution in [1.29, 1.82) is 0 Å². The second-order valence-corrected chi connectivity index (χ2v) is 10.4. The molecular weight excluding hydrogens is 475 g/mol. The van der Waals surface area contributed by atoms with Gasteiger partial charge in [-0.25, -0.2) is 8.42 Å². The summed E-state index contributed by atoms with van der Waals surface area (Å²) in [6, 6.07) is 9.93. The van der Waals surface area contributed by atoms with E-state index in [1.165, 1.54) is 42.5 Å². The van der Waals surface area contributed by atoms with Gasteiger partial charge in [0.25, 0.3) is 10.0 Å². The van der Waals surface area contributed by atoms with E-state index in [0.29, 0.717) is 18.5 Å². The number of carboxylic acids is 1. The Hall–Kier alpha value is -2.55. The molecule has 0 aliphatic heterocycles. The summed E-state index contributed by atoms with van der Waals surface area (Å²) in [5.41, 5.74) is 2.59. The predicted octanol–water partition coefficient (Wildman–Crippen LogP) is 5.18. The van der Waals surface area contributed by atoms with Gasteiger partial charge in [-0.1, -0.05) is 34.3 Å². The average Bonchev–Trinajstić information content (AvgIpc) is 2.68. The molecule has 0 spiro atoms. The van der Waals surface area contributed by atoms with Gasteiger partial charge in [-0.3, -0.25) is 14.3 Å². The Morgan fingerprint density at radius 2 is 1.44 bits per heavy atom. The molecule has 2 unspecified atom stereocenters. The van der Waals surface area contributed by atoms with Crippen LogP contribution in [0.2, 0.25) is 10.0 Å². The number of sulfonamides is 1.